The fourth-order valence-corrected chi connectivity index (χ4v) is 7.51. The number of piperidine rings is 1. The number of fused-ring (bicyclic) bond motifs is 3. The fourth-order valence-electron chi connectivity index (χ4n) is 6.13. The van der Waals surface area contributed by atoms with Crippen molar-refractivity contribution in [2.75, 3.05) is 11.6 Å². The standard InChI is InChI=1S/C30H31N5O3S2/c1-18-12-21(16-31)13-19(2)27(18)38-29-28-26(10-11-39-28)33-30(34-29)32-22-14-23-6-7-24(15-22)35(23)17-20-4-8-25(9-5-20)40(3,36)37/h4-5,8-13,22-24H,6-7,14-15,17H2,1-3H3,(H,32,33,34). The molecule has 8 nitrogen and oxygen atoms in total. The van der Waals surface area contributed by atoms with Crippen LogP contribution in [0.25, 0.3) is 10.2 Å². The lowest BCUT2D eigenvalue weighted by Gasteiger charge is -2.39. The van der Waals surface area contributed by atoms with Crippen molar-refractivity contribution in [2.45, 2.75) is 69.1 Å². The molecule has 6 rings (SSSR count). The van der Waals surface area contributed by atoms with Gasteiger partial charge in [0.2, 0.25) is 11.8 Å². The second-order valence-corrected chi connectivity index (χ2v) is 13.9. The summed E-state index contributed by atoms with van der Waals surface area (Å²) in [5, 5.41) is 14.9. The first-order chi connectivity index (χ1) is 19.2. The van der Waals surface area contributed by atoms with Gasteiger partial charge in [0.1, 0.15) is 10.4 Å². The van der Waals surface area contributed by atoms with Crippen molar-refractivity contribution >= 4 is 37.3 Å². The summed E-state index contributed by atoms with van der Waals surface area (Å²) in [5.74, 6) is 1.81. The molecule has 206 valence electrons. The highest BCUT2D eigenvalue weighted by atomic mass is 32.2. The molecule has 4 aromatic rings. The predicted octanol–water partition coefficient (Wildman–Crippen LogP) is 5.98. The molecule has 2 saturated heterocycles. The summed E-state index contributed by atoms with van der Waals surface area (Å²) < 4.78 is 30.9. The van der Waals surface area contributed by atoms with Gasteiger partial charge >= 0.3 is 0 Å². The Kier molecular flexibility index (Phi) is 6.98. The van der Waals surface area contributed by atoms with E-state index in [1.54, 1.807) is 23.5 Å². The van der Waals surface area contributed by atoms with Gasteiger partial charge in [-0.1, -0.05) is 12.1 Å². The third kappa shape index (κ3) is 5.29. The average Bonchev–Trinajstić information content (AvgIpc) is 3.47. The summed E-state index contributed by atoms with van der Waals surface area (Å²) in [4.78, 5) is 12.5. The van der Waals surface area contributed by atoms with Gasteiger partial charge in [0, 0.05) is 30.9 Å². The Balaban J connectivity index is 1.18. The monoisotopic (exact) mass is 573 g/mol. The van der Waals surface area contributed by atoms with E-state index < -0.39 is 9.84 Å². The molecule has 2 aromatic heterocycles. The zero-order valence-corrected chi connectivity index (χ0v) is 24.3. The molecule has 0 spiro atoms. The van der Waals surface area contributed by atoms with Crippen LogP contribution in [0.15, 0.2) is 52.7 Å². The number of nitriles is 1. The number of nitrogens with zero attached hydrogens (tertiary/aromatic N) is 4. The van der Waals surface area contributed by atoms with Gasteiger partial charge in [0.25, 0.3) is 0 Å². The normalized spacial score (nSPS) is 20.9. The number of anilines is 1. The molecular formula is C30H31N5O3S2. The molecule has 1 N–H and O–H groups in total. The molecule has 2 aliphatic rings. The molecule has 0 saturated carbocycles. The van der Waals surface area contributed by atoms with E-state index in [1.165, 1.54) is 6.26 Å². The number of sulfone groups is 1. The number of thiophene rings is 1. The Hall–Kier alpha value is -3.52. The fraction of sp³-hybridized carbons (Fsp3) is 0.367. The topological polar surface area (TPSA) is 108 Å². The largest absolute Gasteiger partial charge is 0.437 e. The van der Waals surface area contributed by atoms with Gasteiger partial charge < -0.3 is 10.1 Å². The number of hydrogen-bond donors (Lipinski definition) is 1. The molecule has 40 heavy (non-hydrogen) atoms. The van der Waals surface area contributed by atoms with Crippen LogP contribution in [0.4, 0.5) is 5.95 Å². The summed E-state index contributed by atoms with van der Waals surface area (Å²) in [5.41, 5.74) is 4.38. The SMILES string of the molecule is Cc1cc(C#N)cc(C)c1Oc1nc(NC2CC3CCC(C2)N3Cc2ccc(S(C)(=O)=O)cc2)nc2ccsc12. The maximum Gasteiger partial charge on any atom is 0.242 e. The van der Waals surface area contributed by atoms with Gasteiger partial charge in [-0.05, 0) is 91.9 Å². The lowest BCUT2D eigenvalue weighted by molar-refractivity contribution is 0.124. The summed E-state index contributed by atoms with van der Waals surface area (Å²) in [6.45, 7) is 4.71. The minimum atomic E-state index is -3.19. The third-order valence-electron chi connectivity index (χ3n) is 7.99. The molecule has 2 bridgehead atoms. The van der Waals surface area contributed by atoms with Crippen molar-refractivity contribution in [2.24, 2.45) is 0 Å². The second kappa shape index (κ2) is 10.5. The van der Waals surface area contributed by atoms with E-state index in [-0.39, 0.29) is 6.04 Å². The molecule has 4 heterocycles. The van der Waals surface area contributed by atoms with Gasteiger partial charge in [-0.2, -0.15) is 10.2 Å². The van der Waals surface area contributed by atoms with Crippen LogP contribution < -0.4 is 10.1 Å². The van der Waals surface area contributed by atoms with Gasteiger partial charge in [-0.15, -0.1) is 11.3 Å². The van der Waals surface area contributed by atoms with Crippen LogP contribution in [0.5, 0.6) is 11.6 Å². The van der Waals surface area contributed by atoms with E-state index in [1.807, 2.05) is 49.6 Å². The Morgan fingerprint density at radius 2 is 1.75 bits per heavy atom. The summed E-state index contributed by atoms with van der Waals surface area (Å²) in [6, 6.07) is 16.3. The third-order valence-corrected chi connectivity index (χ3v) is 10.0. The van der Waals surface area contributed by atoms with Crippen molar-refractivity contribution in [1.82, 2.24) is 14.9 Å². The van der Waals surface area contributed by atoms with Crippen molar-refractivity contribution in [3.05, 3.63) is 70.1 Å². The molecule has 10 heteroatoms. The van der Waals surface area contributed by atoms with E-state index in [9.17, 15) is 13.7 Å². The number of nitrogens with one attached hydrogen (secondary N) is 1. The minimum absolute atomic E-state index is 0.253. The molecule has 2 atom stereocenters. The van der Waals surface area contributed by atoms with Gasteiger partial charge in [0.15, 0.2) is 9.84 Å². The molecule has 2 fully saturated rings. The van der Waals surface area contributed by atoms with Gasteiger partial charge in [0.05, 0.1) is 22.0 Å². The summed E-state index contributed by atoms with van der Waals surface area (Å²) in [7, 11) is -3.19. The Labute approximate surface area is 238 Å². The van der Waals surface area contributed by atoms with Crippen molar-refractivity contribution in [3.63, 3.8) is 0 Å². The zero-order chi connectivity index (χ0) is 28.0. The van der Waals surface area contributed by atoms with Crippen LogP contribution in [0.1, 0.15) is 47.9 Å². The molecule has 2 aromatic carbocycles. The number of rotatable bonds is 7. The molecule has 0 aliphatic carbocycles. The first-order valence-electron chi connectivity index (χ1n) is 13.4. The number of ether oxygens (including phenoxy) is 1. The highest BCUT2D eigenvalue weighted by molar-refractivity contribution is 7.90. The Bertz CT molecular complexity index is 1690. The smallest absolute Gasteiger partial charge is 0.242 e. The first kappa shape index (κ1) is 26.7. The Morgan fingerprint density at radius 3 is 2.38 bits per heavy atom. The number of benzene rings is 2. The van der Waals surface area contributed by atoms with Gasteiger partial charge in [-0.25, -0.2) is 13.4 Å². The maximum absolute atomic E-state index is 11.8. The minimum Gasteiger partial charge on any atom is -0.437 e. The molecular weight excluding hydrogens is 542 g/mol. The maximum atomic E-state index is 11.8. The predicted molar refractivity (Wildman–Crippen MR) is 157 cm³/mol. The summed E-state index contributed by atoms with van der Waals surface area (Å²) >= 11 is 1.55. The highest BCUT2D eigenvalue weighted by Crippen LogP contribution is 2.39. The quantitative estimate of drug-likeness (QED) is 0.288. The first-order valence-corrected chi connectivity index (χ1v) is 16.2. The second-order valence-electron chi connectivity index (χ2n) is 10.9. The lowest BCUT2D eigenvalue weighted by Crippen LogP contribution is -2.46. The van der Waals surface area contributed by atoms with Gasteiger partial charge in [-0.3, -0.25) is 4.90 Å². The van der Waals surface area contributed by atoms with E-state index >= 15 is 0 Å². The highest BCUT2D eigenvalue weighted by Gasteiger charge is 2.40. The van der Waals surface area contributed by atoms with Crippen LogP contribution in [0, 0.1) is 25.2 Å². The lowest BCUT2D eigenvalue weighted by atomic mass is 9.96. The van der Waals surface area contributed by atoms with Crippen LogP contribution >= 0.6 is 11.3 Å². The number of hydrogen-bond acceptors (Lipinski definition) is 9. The van der Waals surface area contributed by atoms with Crippen LogP contribution in [0.3, 0.4) is 0 Å². The number of aryl methyl sites for hydroxylation is 2. The van der Waals surface area contributed by atoms with E-state index in [2.05, 4.69) is 16.3 Å². The number of aromatic nitrogens is 2. The van der Waals surface area contributed by atoms with E-state index in [0.29, 0.717) is 40.1 Å². The Morgan fingerprint density at radius 1 is 1.07 bits per heavy atom. The molecule has 2 unspecified atom stereocenters. The van der Waals surface area contributed by atoms with Crippen molar-refractivity contribution in [1.29, 1.82) is 5.26 Å². The van der Waals surface area contributed by atoms with Crippen LogP contribution in [0.2, 0.25) is 0 Å². The van der Waals surface area contributed by atoms with E-state index in [4.69, 9.17) is 14.7 Å². The van der Waals surface area contributed by atoms with Crippen LogP contribution in [-0.4, -0.2) is 47.7 Å². The van der Waals surface area contributed by atoms with Crippen LogP contribution in [-0.2, 0) is 16.4 Å². The zero-order valence-electron chi connectivity index (χ0n) is 22.7. The van der Waals surface area contributed by atoms with Crippen molar-refractivity contribution < 1.29 is 13.2 Å². The molecule has 0 amide bonds. The molecule has 2 aliphatic heterocycles. The molecule has 0 radical (unpaired) electrons. The summed E-state index contributed by atoms with van der Waals surface area (Å²) in [6.07, 6.45) is 5.53. The van der Waals surface area contributed by atoms with Crippen molar-refractivity contribution in [3.8, 4) is 17.7 Å². The van der Waals surface area contributed by atoms with E-state index in [0.717, 1.165) is 59.1 Å². The average molecular weight is 574 g/mol.